The van der Waals surface area contributed by atoms with E-state index in [4.69, 9.17) is 4.74 Å². The average molecular weight is 919 g/mol. The number of fused-ring (bicyclic) bond motifs is 15. The van der Waals surface area contributed by atoms with Gasteiger partial charge in [-0.1, -0.05) is 128 Å². The summed E-state index contributed by atoms with van der Waals surface area (Å²) in [5.74, 6) is 2.40. The maximum Gasteiger partial charge on any atom is 0.137 e. The van der Waals surface area contributed by atoms with E-state index in [1.165, 1.54) is 101 Å². The van der Waals surface area contributed by atoms with E-state index in [2.05, 4.69) is 228 Å². The van der Waals surface area contributed by atoms with Crippen LogP contribution in [0.1, 0.15) is 35.4 Å². The lowest BCUT2D eigenvalue weighted by molar-refractivity contribution is 0.487. The van der Waals surface area contributed by atoms with Crippen molar-refractivity contribution in [3.63, 3.8) is 0 Å². The number of para-hydroxylation sites is 3. The molecule has 2 unspecified atom stereocenters. The fourth-order valence-corrected chi connectivity index (χ4v) is 14.1. The first-order valence-corrected chi connectivity index (χ1v) is 25.5. The third-order valence-electron chi connectivity index (χ3n) is 15.1. The zero-order valence-corrected chi connectivity index (χ0v) is 39.3. The highest BCUT2D eigenvalue weighted by Gasteiger charge is 2.32. The molecule has 0 amide bonds. The number of aromatic nitrogens is 2. The van der Waals surface area contributed by atoms with Crippen LogP contribution >= 0.6 is 22.7 Å². The summed E-state index contributed by atoms with van der Waals surface area (Å²) >= 11 is 3.75. The molecule has 3 nitrogen and oxygen atoms in total. The lowest BCUT2D eigenvalue weighted by atomic mass is 9.71. The molecule has 0 N–H and O–H groups in total. The van der Waals surface area contributed by atoms with Gasteiger partial charge in [-0.25, -0.2) is 0 Å². The Balaban J connectivity index is 0.829. The van der Waals surface area contributed by atoms with Crippen molar-refractivity contribution >= 4 is 107 Å². The molecule has 69 heavy (non-hydrogen) atoms. The fourth-order valence-electron chi connectivity index (χ4n) is 11.9. The topological polar surface area (TPSA) is 19.1 Å². The third kappa shape index (κ3) is 5.84. The van der Waals surface area contributed by atoms with Crippen LogP contribution in [0.4, 0.5) is 0 Å². The van der Waals surface area contributed by atoms with Crippen molar-refractivity contribution in [2.45, 2.75) is 25.2 Å². The van der Waals surface area contributed by atoms with Crippen LogP contribution in [-0.2, 0) is 6.42 Å². The van der Waals surface area contributed by atoms with Gasteiger partial charge in [-0.05, 0) is 132 Å². The van der Waals surface area contributed by atoms with Crippen molar-refractivity contribution < 1.29 is 4.74 Å². The Morgan fingerprint density at radius 3 is 1.68 bits per heavy atom. The van der Waals surface area contributed by atoms with Crippen molar-refractivity contribution in [3.8, 4) is 34.0 Å². The zero-order chi connectivity index (χ0) is 45.3. The minimum atomic E-state index is 0.320. The largest absolute Gasteiger partial charge is 0.456 e. The van der Waals surface area contributed by atoms with E-state index in [1.807, 2.05) is 22.7 Å². The molecule has 0 saturated heterocycles. The Kier molecular flexibility index (Phi) is 8.51. The fraction of sp³-hybridized carbons (Fsp3) is 0.0625. The minimum Gasteiger partial charge on any atom is -0.456 e. The quantitative estimate of drug-likeness (QED) is 0.163. The summed E-state index contributed by atoms with van der Waals surface area (Å²) in [6.45, 7) is 2.42. The highest BCUT2D eigenvalue weighted by Crippen LogP contribution is 2.51. The van der Waals surface area contributed by atoms with Gasteiger partial charge in [-0.3, -0.25) is 0 Å². The predicted octanol–water partition coefficient (Wildman–Crippen LogP) is 18.5. The molecule has 15 rings (SSSR count). The SMILES string of the molecule is CC(c1ccc2sc3ccccc3c2c1)C1Cc2cccc(Oc3cccc4c3c3ccccc3n4-c3ccc4sc5ccc(-n6c7ccccc7c7ccccc76)cc5c4c3)c2-c2ccccc21. The van der Waals surface area contributed by atoms with Gasteiger partial charge in [-0.2, -0.15) is 0 Å². The van der Waals surface area contributed by atoms with Gasteiger partial charge >= 0.3 is 0 Å². The maximum atomic E-state index is 7.28. The van der Waals surface area contributed by atoms with Crippen molar-refractivity contribution in [3.05, 3.63) is 229 Å². The van der Waals surface area contributed by atoms with Crippen LogP contribution in [0.2, 0.25) is 0 Å². The van der Waals surface area contributed by atoms with E-state index in [9.17, 15) is 0 Å². The van der Waals surface area contributed by atoms with Gasteiger partial charge < -0.3 is 13.9 Å². The third-order valence-corrected chi connectivity index (χ3v) is 17.4. The number of rotatable bonds is 6. The molecule has 0 radical (unpaired) electrons. The van der Waals surface area contributed by atoms with Crippen LogP contribution in [0.25, 0.3) is 106 Å². The molecular weight excluding hydrogens is 877 g/mol. The van der Waals surface area contributed by atoms with Gasteiger partial charge in [0.05, 0.1) is 27.5 Å². The second-order valence-electron chi connectivity index (χ2n) is 18.8. The number of hydrogen-bond acceptors (Lipinski definition) is 3. The first-order chi connectivity index (χ1) is 34.1. The van der Waals surface area contributed by atoms with E-state index in [-0.39, 0.29) is 0 Å². The van der Waals surface area contributed by atoms with Crippen molar-refractivity contribution in [1.82, 2.24) is 9.13 Å². The molecule has 1 aliphatic carbocycles. The highest BCUT2D eigenvalue weighted by molar-refractivity contribution is 7.26. The molecular formula is C64H42N2OS2. The highest BCUT2D eigenvalue weighted by atomic mass is 32.1. The van der Waals surface area contributed by atoms with E-state index < -0.39 is 0 Å². The van der Waals surface area contributed by atoms with E-state index in [0.29, 0.717) is 11.8 Å². The van der Waals surface area contributed by atoms with Crippen molar-refractivity contribution in [2.24, 2.45) is 0 Å². The van der Waals surface area contributed by atoms with Crippen molar-refractivity contribution in [2.75, 3.05) is 0 Å². The predicted molar refractivity (Wildman–Crippen MR) is 294 cm³/mol. The summed E-state index contributed by atoms with van der Waals surface area (Å²) in [6, 6.07) is 78.5. The monoisotopic (exact) mass is 918 g/mol. The molecule has 1 aliphatic rings. The van der Waals surface area contributed by atoms with Crippen LogP contribution in [-0.4, -0.2) is 9.13 Å². The smallest absolute Gasteiger partial charge is 0.137 e. The summed E-state index contributed by atoms with van der Waals surface area (Å²) in [6.07, 6.45) is 0.941. The Hall–Kier alpha value is -7.96. The molecule has 10 aromatic carbocycles. The Labute approximate surface area is 406 Å². The number of benzene rings is 10. The molecule has 14 aromatic rings. The number of thiophene rings is 2. The Morgan fingerprint density at radius 2 is 0.957 bits per heavy atom. The summed E-state index contributed by atoms with van der Waals surface area (Å²) in [7, 11) is 0. The van der Waals surface area contributed by atoms with Gasteiger partial charge in [0.2, 0.25) is 0 Å². The zero-order valence-electron chi connectivity index (χ0n) is 37.7. The van der Waals surface area contributed by atoms with Gasteiger partial charge in [0.25, 0.3) is 0 Å². The lowest BCUT2D eigenvalue weighted by Gasteiger charge is -2.33. The Morgan fingerprint density at radius 1 is 0.435 bits per heavy atom. The van der Waals surface area contributed by atoms with Crippen LogP contribution in [0, 0.1) is 0 Å². The number of ether oxygens (including phenoxy) is 1. The molecule has 4 heterocycles. The van der Waals surface area contributed by atoms with E-state index in [0.717, 1.165) is 40.0 Å². The Bertz CT molecular complexity index is 4380. The first-order valence-electron chi connectivity index (χ1n) is 23.9. The molecule has 4 aromatic heterocycles. The van der Waals surface area contributed by atoms with E-state index in [1.54, 1.807) is 0 Å². The average Bonchev–Trinajstić information content (AvgIpc) is 4.15. The summed E-state index contributed by atoms with van der Waals surface area (Å²) < 4.78 is 17.4. The normalized spacial score (nSPS) is 14.2. The molecule has 326 valence electrons. The number of nitrogens with zero attached hydrogens (tertiary/aromatic N) is 2. The van der Waals surface area contributed by atoms with Gasteiger partial charge in [0.15, 0.2) is 0 Å². The maximum absolute atomic E-state index is 7.28. The second-order valence-corrected chi connectivity index (χ2v) is 20.9. The minimum absolute atomic E-state index is 0.320. The second kappa shape index (κ2) is 15.0. The molecule has 0 spiro atoms. The van der Waals surface area contributed by atoms with Crippen LogP contribution in [0.5, 0.6) is 11.5 Å². The molecule has 0 fully saturated rings. The number of hydrogen-bond donors (Lipinski definition) is 0. The molecule has 5 heteroatoms. The molecule has 0 saturated carbocycles. The van der Waals surface area contributed by atoms with Crippen LogP contribution in [0.3, 0.4) is 0 Å². The first kappa shape index (κ1) is 39.1. The summed E-state index contributed by atoms with van der Waals surface area (Å²) in [5.41, 5.74) is 13.6. The van der Waals surface area contributed by atoms with Crippen LogP contribution in [0.15, 0.2) is 212 Å². The van der Waals surface area contributed by atoms with Gasteiger partial charge in [0.1, 0.15) is 11.5 Å². The molecule has 2 atom stereocenters. The van der Waals surface area contributed by atoms with Gasteiger partial charge in [-0.15, -0.1) is 22.7 Å². The lowest BCUT2D eigenvalue weighted by Crippen LogP contribution is -2.17. The van der Waals surface area contributed by atoms with Crippen LogP contribution < -0.4 is 4.74 Å². The van der Waals surface area contributed by atoms with Crippen molar-refractivity contribution in [1.29, 1.82) is 0 Å². The van der Waals surface area contributed by atoms with Gasteiger partial charge in [0, 0.05) is 73.4 Å². The molecule has 0 aliphatic heterocycles. The summed E-state index contributed by atoms with van der Waals surface area (Å²) in [5, 5.41) is 10.1. The molecule has 0 bridgehead atoms. The standard InChI is InChI=1S/C64H42N2OS2/c1-38(39-28-31-60-50(34-39)46-18-7-11-27-59(46)68-60)49-35-40-14-12-25-57(63(40)47-19-3-2-15-43(47)49)67-58-26-13-24-56-64(58)48-20-6-10-23-55(48)66(56)42-30-33-62-52(37-42)51-36-41(29-32-61(51)69-62)65-53-21-8-4-16-44(53)45-17-5-9-22-54(45)65/h2-34,36-38,49H,35H2,1H3. The summed E-state index contributed by atoms with van der Waals surface area (Å²) in [4.78, 5) is 0. The van der Waals surface area contributed by atoms with E-state index >= 15 is 0 Å².